The molecule has 0 atom stereocenters. The molecule has 0 radical (unpaired) electrons. The summed E-state index contributed by atoms with van der Waals surface area (Å²) >= 11 is 5.98. The summed E-state index contributed by atoms with van der Waals surface area (Å²) in [6.07, 6.45) is 1.47. The first-order chi connectivity index (χ1) is 15.8. The monoisotopic (exact) mass is 459 g/mol. The Balaban J connectivity index is 1.80. The van der Waals surface area contributed by atoms with Crippen LogP contribution in [0.5, 0.6) is 0 Å². The van der Waals surface area contributed by atoms with E-state index in [1.165, 1.54) is 21.2 Å². The van der Waals surface area contributed by atoms with Crippen molar-refractivity contribution in [2.45, 2.75) is 20.4 Å². The molecule has 0 amide bonds. The third-order valence-corrected chi connectivity index (χ3v) is 5.65. The number of hydrogen-bond acceptors (Lipinski definition) is 5. The van der Waals surface area contributed by atoms with E-state index in [0.29, 0.717) is 44.3 Å². The van der Waals surface area contributed by atoms with E-state index in [2.05, 4.69) is 9.97 Å². The number of halogens is 1. The molecular weight excluding hydrogens is 442 g/mol. The minimum absolute atomic E-state index is 0.165. The Morgan fingerprint density at radius 2 is 1.70 bits per heavy atom. The van der Waals surface area contributed by atoms with Gasteiger partial charge in [-0.3, -0.25) is 18.6 Å². The first-order valence-electron chi connectivity index (χ1n) is 10.2. The predicted molar refractivity (Wildman–Crippen MR) is 127 cm³/mol. The fourth-order valence-electron chi connectivity index (χ4n) is 3.99. The van der Waals surface area contributed by atoms with Gasteiger partial charge in [-0.25, -0.2) is 19.3 Å². The molecule has 0 unspecified atom stereocenters. The molecule has 5 rings (SSSR count). The van der Waals surface area contributed by atoms with Crippen LogP contribution in [0.25, 0.3) is 22.4 Å². The van der Waals surface area contributed by atoms with Crippen molar-refractivity contribution in [2.24, 2.45) is 0 Å². The number of nitrogens with zero attached hydrogens (tertiary/aromatic N) is 5. The smallest absolute Gasteiger partial charge is 0.269 e. The zero-order valence-electron chi connectivity index (χ0n) is 17.8. The maximum Gasteiger partial charge on any atom is 0.337 e. The van der Waals surface area contributed by atoms with Gasteiger partial charge in [-0.05, 0) is 49.7 Å². The fraction of sp³-hybridized carbons (Fsp3) is 0.125. The Labute approximate surface area is 192 Å². The van der Waals surface area contributed by atoms with E-state index in [4.69, 9.17) is 11.6 Å². The van der Waals surface area contributed by atoms with E-state index >= 15 is 0 Å². The molecule has 4 heterocycles. The third kappa shape index (κ3) is 3.54. The van der Waals surface area contributed by atoms with Gasteiger partial charge >= 0.3 is 5.69 Å². The molecule has 0 saturated carbocycles. The lowest BCUT2D eigenvalue weighted by Gasteiger charge is -2.15. The second kappa shape index (κ2) is 7.83. The van der Waals surface area contributed by atoms with Gasteiger partial charge in [-0.15, -0.1) is 0 Å². The highest BCUT2D eigenvalue weighted by Crippen LogP contribution is 2.17. The maximum atomic E-state index is 13.6. The average Bonchev–Trinajstić information content (AvgIpc) is 2.77. The molecule has 0 aliphatic rings. The predicted octanol–water partition coefficient (Wildman–Crippen LogP) is 2.87. The summed E-state index contributed by atoms with van der Waals surface area (Å²) in [5.74, 6) is 0. The first-order valence-corrected chi connectivity index (χ1v) is 10.6. The van der Waals surface area contributed by atoms with Gasteiger partial charge in [0.25, 0.3) is 11.1 Å². The van der Waals surface area contributed by atoms with Crippen LogP contribution in [0.1, 0.15) is 17.0 Å². The van der Waals surface area contributed by atoms with Crippen molar-refractivity contribution in [2.75, 3.05) is 0 Å². The SMILES string of the molecule is Cc1cc(C)c2c(=O)n(Cc3cc(=O)n4cc(Cl)ccc4n3)c(=O)n(-c3ccccc3)c2n1. The van der Waals surface area contributed by atoms with Crippen LogP contribution in [-0.4, -0.2) is 23.5 Å². The molecule has 8 nitrogen and oxygen atoms in total. The molecule has 0 spiro atoms. The van der Waals surface area contributed by atoms with E-state index in [1.54, 1.807) is 30.3 Å². The van der Waals surface area contributed by atoms with Gasteiger partial charge in [-0.2, -0.15) is 0 Å². The van der Waals surface area contributed by atoms with Crippen molar-refractivity contribution in [3.05, 3.63) is 114 Å². The normalized spacial score (nSPS) is 11.4. The minimum atomic E-state index is -0.561. The largest absolute Gasteiger partial charge is 0.337 e. The van der Waals surface area contributed by atoms with Crippen molar-refractivity contribution in [3.8, 4) is 5.69 Å². The summed E-state index contributed by atoms with van der Waals surface area (Å²) in [5, 5.41) is 0.738. The highest BCUT2D eigenvalue weighted by molar-refractivity contribution is 6.30. The molecule has 0 aliphatic heterocycles. The number of aryl methyl sites for hydroxylation is 2. The van der Waals surface area contributed by atoms with Crippen LogP contribution < -0.4 is 16.8 Å². The number of rotatable bonds is 3. The second-order valence-corrected chi connectivity index (χ2v) is 8.22. The zero-order chi connectivity index (χ0) is 23.3. The number of fused-ring (bicyclic) bond motifs is 2. The molecule has 164 valence electrons. The Morgan fingerprint density at radius 3 is 2.45 bits per heavy atom. The van der Waals surface area contributed by atoms with Gasteiger partial charge in [0.1, 0.15) is 5.65 Å². The van der Waals surface area contributed by atoms with Crippen LogP contribution >= 0.6 is 11.6 Å². The van der Waals surface area contributed by atoms with Crippen molar-refractivity contribution in [1.29, 1.82) is 0 Å². The summed E-state index contributed by atoms with van der Waals surface area (Å²) in [6, 6.07) is 15.3. The quantitative estimate of drug-likeness (QED) is 0.413. The van der Waals surface area contributed by atoms with E-state index in [9.17, 15) is 14.4 Å². The van der Waals surface area contributed by atoms with Gasteiger partial charge in [0, 0.05) is 18.0 Å². The molecular formula is C24H18ClN5O3. The van der Waals surface area contributed by atoms with Gasteiger partial charge in [0.15, 0.2) is 5.65 Å². The highest BCUT2D eigenvalue weighted by Gasteiger charge is 2.18. The number of benzene rings is 1. The van der Waals surface area contributed by atoms with Gasteiger partial charge in [-0.1, -0.05) is 29.8 Å². The average molecular weight is 460 g/mol. The Bertz CT molecular complexity index is 1740. The summed E-state index contributed by atoms with van der Waals surface area (Å²) in [4.78, 5) is 48.6. The molecule has 0 fully saturated rings. The van der Waals surface area contributed by atoms with Crippen LogP contribution in [0.4, 0.5) is 0 Å². The molecule has 5 aromatic rings. The molecule has 1 aromatic carbocycles. The molecule has 9 heteroatoms. The fourth-order valence-corrected chi connectivity index (χ4v) is 4.16. The molecule has 0 aliphatic carbocycles. The van der Waals surface area contributed by atoms with Gasteiger partial charge < -0.3 is 0 Å². The van der Waals surface area contributed by atoms with E-state index in [-0.39, 0.29) is 12.1 Å². The Hall–Kier alpha value is -4.04. The number of pyridine rings is 2. The summed E-state index contributed by atoms with van der Waals surface area (Å²) in [6.45, 7) is 3.46. The van der Waals surface area contributed by atoms with Gasteiger partial charge in [0.2, 0.25) is 0 Å². The van der Waals surface area contributed by atoms with E-state index < -0.39 is 11.2 Å². The number of hydrogen-bond donors (Lipinski definition) is 0. The highest BCUT2D eigenvalue weighted by atomic mass is 35.5. The summed E-state index contributed by atoms with van der Waals surface area (Å²) in [7, 11) is 0. The topological polar surface area (TPSA) is 91.3 Å². The zero-order valence-corrected chi connectivity index (χ0v) is 18.6. The van der Waals surface area contributed by atoms with Gasteiger partial charge in [0.05, 0.1) is 28.3 Å². The van der Waals surface area contributed by atoms with Crippen molar-refractivity contribution < 1.29 is 0 Å². The molecule has 4 aromatic heterocycles. The van der Waals surface area contributed by atoms with Crippen LogP contribution in [-0.2, 0) is 6.54 Å². The first kappa shape index (κ1) is 20.8. The van der Waals surface area contributed by atoms with Crippen molar-refractivity contribution in [1.82, 2.24) is 23.5 Å². The second-order valence-electron chi connectivity index (χ2n) is 7.79. The standard InChI is InChI=1S/C24H18ClN5O3/c1-14-10-15(2)26-22-21(14)23(32)29(24(33)30(22)18-6-4-3-5-7-18)13-17-11-20(31)28-12-16(25)8-9-19(28)27-17/h3-12H,13H2,1-2H3. The van der Waals surface area contributed by atoms with Crippen molar-refractivity contribution >= 4 is 28.3 Å². The summed E-state index contributed by atoms with van der Waals surface area (Å²) in [5.41, 5.74) is 1.55. The minimum Gasteiger partial charge on any atom is -0.269 e. The third-order valence-electron chi connectivity index (χ3n) is 5.43. The molecule has 33 heavy (non-hydrogen) atoms. The lowest BCUT2D eigenvalue weighted by Crippen LogP contribution is -2.40. The Morgan fingerprint density at radius 1 is 0.939 bits per heavy atom. The molecule has 0 N–H and O–H groups in total. The van der Waals surface area contributed by atoms with Crippen molar-refractivity contribution in [3.63, 3.8) is 0 Å². The lowest BCUT2D eigenvalue weighted by atomic mass is 10.1. The maximum absolute atomic E-state index is 13.6. The van der Waals surface area contributed by atoms with E-state index in [1.807, 2.05) is 32.0 Å². The molecule has 0 saturated heterocycles. The van der Waals surface area contributed by atoms with Crippen LogP contribution in [0, 0.1) is 13.8 Å². The van der Waals surface area contributed by atoms with E-state index in [0.717, 1.165) is 4.57 Å². The number of aromatic nitrogens is 5. The van der Waals surface area contributed by atoms with Crippen LogP contribution in [0.15, 0.2) is 75.2 Å². The molecule has 0 bridgehead atoms. The number of para-hydroxylation sites is 1. The van der Waals surface area contributed by atoms with Crippen LogP contribution in [0.3, 0.4) is 0 Å². The Kier molecular flexibility index (Phi) is 4.94. The lowest BCUT2D eigenvalue weighted by molar-refractivity contribution is 0.668. The van der Waals surface area contributed by atoms with Crippen LogP contribution in [0.2, 0.25) is 5.02 Å². The summed E-state index contributed by atoms with van der Waals surface area (Å²) < 4.78 is 3.83.